The maximum Gasteiger partial charge on any atom is 0.00965 e. The average Bonchev–Trinajstić information content (AvgIpc) is 2.23. The Morgan fingerprint density at radius 3 is 2.06 bits per heavy atom. The highest BCUT2D eigenvalue weighted by Crippen LogP contribution is 2.03. The topological polar surface area (TPSA) is 15.3 Å². The molecule has 0 rings (SSSR count). The van der Waals surface area contributed by atoms with Crippen molar-refractivity contribution in [1.82, 2.24) is 10.2 Å². The van der Waals surface area contributed by atoms with Gasteiger partial charge in [-0.05, 0) is 66.7 Å². The van der Waals surface area contributed by atoms with Gasteiger partial charge < -0.3 is 10.2 Å². The highest BCUT2D eigenvalue weighted by atomic mass is 15.1. The summed E-state index contributed by atoms with van der Waals surface area (Å²) >= 11 is 0. The highest BCUT2D eigenvalue weighted by Gasteiger charge is 2.06. The van der Waals surface area contributed by atoms with E-state index in [0.717, 1.165) is 6.54 Å². The number of hydrogen-bond donors (Lipinski definition) is 1. The highest BCUT2D eigenvalue weighted by molar-refractivity contribution is 4.69. The lowest BCUT2D eigenvalue weighted by Crippen LogP contribution is -2.36. The first-order valence-electron chi connectivity index (χ1n) is 7.39. The third-order valence-corrected chi connectivity index (χ3v) is 3.02. The summed E-state index contributed by atoms with van der Waals surface area (Å²) in [4.78, 5) is 2.47. The van der Waals surface area contributed by atoms with Crippen LogP contribution in [0.5, 0.6) is 0 Å². The molecule has 0 radical (unpaired) electrons. The molecule has 0 aliphatic carbocycles. The van der Waals surface area contributed by atoms with Crippen LogP contribution in [0.4, 0.5) is 0 Å². The molecule has 0 saturated carbocycles. The first kappa shape index (κ1) is 16.9. The molecule has 2 nitrogen and oxygen atoms in total. The van der Waals surface area contributed by atoms with Crippen LogP contribution in [0.15, 0.2) is 0 Å². The van der Waals surface area contributed by atoms with E-state index in [1.807, 2.05) is 0 Å². The van der Waals surface area contributed by atoms with Gasteiger partial charge in [-0.1, -0.05) is 26.2 Å². The molecule has 0 aromatic carbocycles. The fourth-order valence-electron chi connectivity index (χ4n) is 1.86. The van der Waals surface area contributed by atoms with E-state index >= 15 is 0 Å². The molecule has 0 spiro atoms. The Morgan fingerprint density at radius 1 is 0.882 bits per heavy atom. The van der Waals surface area contributed by atoms with Gasteiger partial charge in [-0.15, -0.1) is 0 Å². The number of rotatable bonds is 10. The van der Waals surface area contributed by atoms with Gasteiger partial charge in [-0.25, -0.2) is 0 Å². The van der Waals surface area contributed by atoms with Crippen LogP contribution in [0.3, 0.4) is 0 Å². The number of hydrogen-bond acceptors (Lipinski definition) is 2. The summed E-state index contributed by atoms with van der Waals surface area (Å²) in [7, 11) is 2.25. The van der Waals surface area contributed by atoms with Crippen LogP contribution in [0.2, 0.25) is 0 Å². The lowest BCUT2D eigenvalue weighted by Gasteiger charge is -2.20. The zero-order valence-corrected chi connectivity index (χ0v) is 12.8. The molecule has 0 saturated heterocycles. The van der Waals surface area contributed by atoms with Gasteiger partial charge in [0.25, 0.3) is 0 Å². The standard InChI is InChI=1S/C15H34N2/c1-6-7-13-17(5)14-11-9-8-10-12-16-15(2,3)4/h16H,6-14H2,1-5H3. The maximum atomic E-state index is 3.54. The Hall–Kier alpha value is -0.0800. The van der Waals surface area contributed by atoms with Crippen LogP contribution in [0, 0.1) is 0 Å². The van der Waals surface area contributed by atoms with Crippen molar-refractivity contribution in [2.45, 2.75) is 71.8 Å². The summed E-state index contributed by atoms with van der Waals surface area (Å²) < 4.78 is 0. The van der Waals surface area contributed by atoms with Gasteiger partial charge >= 0.3 is 0 Å². The molecular formula is C15H34N2. The minimum Gasteiger partial charge on any atom is -0.312 e. The van der Waals surface area contributed by atoms with Gasteiger partial charge in [0.1, 0.15) is 0 Å². The van der Waals surface area contributed by atoms with Crippen LogP contribution in [0.1, 0.15) is 66.2 Å². The molecule has 0 unspecified atom stereocenters. The smallest absolute Gasteiger partial charge is 0.00965 e. The minimum atomic E-state index is 0.278. The lowest BCUT2D eigenvalue weighted by molar-refractivity contribution is 0.317. The predicted molar refractivity (Wildman–Crippen MR) is 78.6 cm³/mol. The normalized spacial score (nSPS) is 12.4. The summed E-state index contributed by atoms with van der Waals surface area (Å²) in [5, 5.41) is 3.54. The van der Waals surface area contributed by atoms with Crippen molar-refractivity contribution in [2.24, 2.45) is 0 Å². The largest absolute Gasteiger partial charge is 0.312 e. The molecule has 1 N–H and O–H groups in total. The third-order valence-electron chi connectivity index (χ3n) is 3.02. The summed E-state index contributed by atoms with van der Waals surface area (Å²) in [5.74, 6) is 0. The SMILES string of the molecule is CCCCN(C)CCCCCCNC(C)(C)C. The molecule has 17 heavy (non-hydrogen) atoms. The van der Waals surface area contributed by atoms with E-state index in [-0.39, 0.29) is 5.54 Å². The van der Waals surface area contributed by atoms with E-state index < -0.39 is 0 Å². The summed E-state index contributed by atoms with van der Waals surface area (Å²) in [6.45, 7) is 12.7. The molecule has 0 fully saturated rings. The van der Waals surface area contributed by atoms with E-state index in [2.05, 4.69) is 45.0 Å². The van der Waals surface area contributed by atoms with Crippen LogP contribution in [-0.4, -0.2) is 37.1 Å². The first-order valence-corrected chi connectivity index (χ1v) is 7.39. The van der Waals surface area contributed by atoms with Crippen LogP contribution in [-0.2, 0) is 0 Å². The van der Waals surface area contributed by atoms with Gasteiger partial charge in [-0.2, -0.15) is 0 Å². The van der Waals surface area contributed by atoms with E-state index in [1.165, 1.54) is 51.6 Å². The Morgan fingerprint density at radius 2 is 1.47 bits per heavy atom. The fourth-order valence-corrected chi connectivity index (χ4v) is 1.86. The Labute approximate surface area is 109 Å². The van der Waals surface area contributed by atoms with Gasteiger partial charge in [-0.3, -0.25) is 0 Å². The quantitative estimate of drug-likeness (QED) is 0.588. The van der Waals surface area contributed by atoms with E-state index in [1.54, 1.807) is 0 Å². The lowest BCUT2D eigenvalue weighted by atomic mass is 10.1. The van der Waals surface area contributed by atoms with E-state index in [9.17, 15) is 0 Å². The molecular weight excluding hydrogens is 208 g/mol. The molecule has 2 heteroatoms. The van der Waals surface area contributed by atoms with Gasteiger partial charge in [0.2, 0.25) is 0 Å². The molecule has 0 aromatic rings. The monoisotopic (exact) mass is 242 g/mol. The van der Waals surface area contributed by atoms with E-state index in [0.29, 0.717) is 0 Å². The third kappa shape index (κ3) is 13.9. The first-order chi connectivity index (χ1) is 7.95. The second kappa shape index (κ2) is 9.90. The van der Waals surface area contributed by atoms with Crippen LogP contribution >= 0.6 is 0 Å². The van der Waals surface area contributed by atoms with Crippen molar-refractivity contribution in [3.63, 3.8) is 0 Å². The minimum absolute atomic E-state index is 0.278. The number of unbranched alkanes of at least 4 members (excludes halogenated alkanes) is 4. The summed E-state index contributed by atoms with van der Waals surface area (Å²) in [5.41, 5.74) is 0.278. The number of nitrogens with one attached hydrogen (secondary N) is 1. The Bertz CT molecular complexity index is 161. The zero-order chi connectivity index (χ0) is 13.1. The van der Waals surface area contributed by atoms with Crippen LogP contribution in [0.25, 0.3) is 0 Å². The van der Waals surface area contributed by atoms with Gasteiger partial charge in [0.15, 0.2) is 0 Å². The Balaban J connectivity index is 3.18. The second-order valence-electron chi connectivity index (χ2n) is 6.25. The molecule has 0 aliphatic rings. The Kier molecular flexibility index (Phi) is 9.85. The van der Waals surface area contributed by atoms with Crippen molar-refractivity contribution >= 4 is 0 Å². The summed E-state index contributed by atoms with van der Waals surface area (Å²) in [6, 6.07) is 0. The molecule has 0 aliphatic heterocycles. The van der Waals surface area contributed by atoms with Gasteiger partial charge in [0, 0.05) is 5.54 Å². The number of nitrogens with zero attached hydrogens (tertiary/aromatic N) is 1. The van der Waals surface area contributed by atoms with Crippen molar-refractivity contribution in [3.8, 4) is 0 Å². The van der Waals surface area contributed by atoms with Gasteiger partial charge in [0.05, 0.1) is 0 Å². The zero-order valence-electron chi connectivity index (χ0n) is 12.8. The summed E-state index contributed by atoms with van der Waals surface area (Å²) in [6.07, 6.45) is 8.06. The molecule has 104 valence electrons. The van der Waals surface area contributed by atoms with Crippen LogP contribution < -0.4 is 5.32 Å². The van der Waals surface area contributed by atoms with Crippen molar-refractivity contribution in [1.29, 1.82) is 0 Å². The van der Waals surface area contributed by atoms with E-state index in [4.69, 9.17) is 0 Å². The maximum absolute atomic E-state index is 3.54. The molecule has 0 aromatic heterocycles. The molecule has 0 amide bonds. The molecule has 0 bridgehead atoms. The van der Waals surface area contributed by atoms with Crippen molar-refractivity contribution < 1.29 is 0 Å². The molecule has 0 atom stereocenters. The average molecular weight is 242 g/mol. The fraction of sp³-hybridized carbons (Fsp3) is 1.00. The second-order valence-corrected chi connectivity index (χ2v) is 6.25. The van der Waals surface area contributed by atoms with Crippen molar-refractivity contribution in [2.75, 3.05) is 26.7 Å². The molecule has 0 heterocycles. The van der Waals surface area contributed by atoms with Crippen molar-refractivity contribution in [3.05, 3.63) is 0 Å². The predicted octanol–water partition coefficient (Wildman–Crippen LogP) is 3.67.